The molecule has 0 radical (unpaired) electrons. The van der Waals surface area contributed by atoms with Gasteiger partial charge in [-0.15, -0.1) is 0 Å². The second kappa shape index (κ2) is 4.72. The molecular weight excluding hydrogens is 271 g/mol. The zero-order chi connectivity index (χ0) is 12.7. The van der Waals surface area contributed by atoms with E-state index in [1.54, 1.807) is 23.1 Å². The van der Waals surface area contributed by atoms with Crippen LogP contribution in [-0.4, -0.2) is 24.5 Å². The molecule has 1 amide bonds. The van der Waals surface area contributed by atoms with Crippen LogP contribution in [0.5, 0.6) is 0 Å². The summed E-state index contributed by atoms with van der Waals surface area (Å²) >= 11 is 12.3. The summed E-state index contributed by atoms with van der Waals surface area (Å²) in [4.78, 5) is 14.0. The molecule has 1 saturated heterocycles. The van der Waals surface area contributed by atoms with Crippen molar-refractivity contribution in [2.45, 2.75) is 31.3 Å². The van der Waals surface area contributed by atoms with E-state index in [2.05, 4.69) is 5.32 Å². The topological polar surface area (TPSA) is 32.3 Å². The summed E-state index contributed by atoms with van der Waals surface area (Å²) in [5.74, 6) is 0.0805. The molecule has 2 aliphatic rings. The van der Waals surface area contributed by atoms with E-state index in [1.165, 1.54) is 12.8 Å². The first kappa shape index (κ1) is 12.3. The maximum absolute atomic E-state index is 12.3. The van der Waals surface area contributed by atoms with Gasteiger partial charge >= 0.3 is 0 Å². The standard InChI is InChI=1S/C13H14Cl2N2O/c14-9-2-1-3-10(15)12(9)17-7-6-11(13(17)18)16-8-4-5-8/h1-3,8,11,16H,4-7H2. The SMILES string of the molecule is O=C1C(NC2CC2)CCN1c1c(Cl)cccc1Cl. The second-order valence-electron chi connectivity index (χ2n) is 4.84. The first-order valence-electron chi connectivity index (χ1n) is 6.18. The quantitative estimate of drug-likeness (QED) is 0.926. The number of hydrogen-bond acceptors (Lipinski definition) is 2. The van der Waals surface area contributed by atoms with Crippen molar-refractivity contribution in [1.82, 2.24) is 5.32 Å². The summed E-state index contributed by atoms with van der Waals surface area (Å²) in [6.45, 7) is 0.673. The van der Waals surface area contributed by atoms with Crippen LogP contribution in [0.1, 0.15) is 19.3 Å². The Morgan fingerprint density at radius 1 is 1.17 bits per heavy atom. The zero-order valence-corrected chi connectivity index (χ0v) is 11.3. The fraction of sp³-hybridized carbons (Fsp3) is 0.462. The van der Waals surface area contributed by atoms with Gasteiger partial charge in [-0.1, -0.05) is 29.3 Å². The van der Waals surface area contributed by atoms with Crippen LogP contribution in [-0.2, 0) is 4.79 Å². The van der Waals surface area contributed by atoms with E-state index >= 15 is 0 Å². The van der Waals surface area contributed by atoms with Crippen molar-refractivity contribution in [2.75, 3.05) is 11.4 Å². The molecule has 1 unspecified atom stereocenters. The highest BCUT2D eigenvalue weighted by Gasteiger charge is 2.37. The minimum Gasteiger partial charge on any atom is -0.308 e. The molecule has 18 heavy (non-hydrogen) atoms. The highest BCUT2D eigenvalue weighted by atomic mass is 35.5. The van der Waals surface area contributed by atoms with Gasteiger partial charge in [-0.05, 0) is 31.4 Å². The molecule has 3 nitrogen and oxygen atoms in total. The molecule has 1 aliphatic carbocycles. The van der Waals surface area contributed by atoms with Crippen molar-refractivity contribution in [3.05, 3.63) is 28.2 Å². The number of nitrogens with zero attached hydrogens (tertiary/aromatic N) is 1. The third-order valence-electron chi connectivity index (χ3n) is 3.43. The molecule has 1 aromatic rings. The molecule has 1 saturated carbocycles. The highest BCUT2D eigenvalue weighted by Crippen LogP contribution is 2.36. The van der Waals surface area contributed by atoms with E-state index in [-0.39, 0.29) is 11.9 Å². The third-order valence-corrected chi connectivity index (χ3v) is 4.04. The summed E-state index contributed by atoms with van der Waals surface area (Å²) in [7, 11) is 0. The number of halogens is 2. The lowest BCUT2D eigenvalue weighted by molar-refractivity contribution is -0.118. The minimum atomic E-state index is -0.0789. The molecule has 96 valence electrons. The van der Waals surface area contributed by atoms with Gasteiger partial charge in [-0.3, -0.25) is 4.79 Å². The van der Waals surface area contributed by atoms with Gasteiger partial charge in [0.15, 0.2) is 0 Å². The largest absolute Gasteiger partial charge is 0.308 e. The number of carbonyl (C=O) groups excluding carboxylic acids is 1. The normalized spacial score (nSPS) is 23.8. The fourth-order valence-electron chi connectivity index (χ4n) is 2.34. The molecule has 0 aromatic heterocycles. The van der Waals surface area contributed by atoms with Crippen molar-refractivity contribution in [2.24, 2.45) is 0 Å². The Morgan fingerprint density at radius 2 is 1.83 bits per heavy atom. The molecule has 5 heteroatoms. The predicted molar refractivity (Wildman–Crippen MR) is 73.4 cm³/mol. The Morgan fingerprint density at radius 3 is 2.44 bits per heavy atom. The monoisotopic (exact) mass is 284 g/mol. The molecule has 0 bridgehead atoms. The first-order valence-corrected chi connectivity index (χ1v) is 6.94. The number of para-hydroxylation sites is 1. The van der Waals surface area contributed by atoms with Gasteiger partial charge in [-0.25, -0.2) is 0 Å². The summed E-state index contributed by atoms with van der Waals surface area (Å²) in [6.07, 6.45) is 3.17. The minimum absolute atomic E-state index is 0.0789. The Hall–Kier alpha value is -0.770. The molecule has 1 aromatic carbocycles. The van der Waals surface area contributed by atoms with E-state index in [1.807, 2.05) is 0 Å². The molecule has 1 aliphatic heterocycles. The van der Waals surface area contributed by atoms with Crippen molar-refractivity contribution >= 4 is 34.8 Å². The second-order valence-corrected chi connectivity index (χ2v) is 5.66. The Balaban J connectivity index is 1.82. The number of hydrogen-bond donors (Lipinski definition) is 1. The van der Waals surface area contributed by atoms with Gasteiger partial charge in [-0.2, -0.15) is 0 Å². The maximum atomic E-state index is 12.3. The maximum Gasteiger partial charge on any atom is 0.244 e. The summed E-state index contributed by atoms with van der Waals surface area (Å²) < 4.78 is 0. The summed E-state index contributed by atoms with van der Waals surface area (Å²) in [5, 5.41) is 4.42. The number of amides is 1. The van der Waals surface area contributed by atoms with Crippen LogP contribution >= 0.6 is 23.2 Å². The Kier molecular flexibility index (Phi) is 3.22. The van der Waals surface area contributed by atoms with Gasteiger partial charge in [0, 0.05) is 12.6 Å². The lowest BCUT2D eigenvalue weighted by Crippen LogP contribution is -2.39. The summed E-state index contributed by atoms with van der Waals surface area (Å²) in [5.41, 5.74) is 0.644. The molecular formula is C13H14Cl2N2O. The van der Waals surface area contributed by atoms with Crippen molar-refractivity contribution in [1.29, 1.82) is 0 Å². The predicted octanol–water partition coefficient (Wildman–Crippen LogP) is 2.85. The van der Waals surface area contributed by atoms with Gasteiger partial charge in [0.25, 0.3) is 0 Å². The lowest BCUT2D eigenvalue weighted by Gasteiger charge is -2.19. The fourth-order valence-corrected chi connectivity index (χ4v) is 2.94. The van der Waals surface area contributed by atoms with Crippen molar-refractivity contribution in [3.8, 4) is 0 Å². The first-order chi connectivity index (χ1) is 8.66. The Labute approximate surface area is 116 Å². The molecule has 1 atom stereocenters. The zero-order valence-electron chi connectivity index (χ0n) is 9.83. The average Bonchev–Trinajstić information content (AvgIpc) is 3.07. The van der Waals surface area contributed by atoms with E-state index in [0.29, 0.717) is 28.3 Å². The number of benzene rings is 1. The van der Waals surface area contributed by atoms with E-state index < -0.39 is 0 Å². The van der Waals surface area contributed by atoms with Gasteiger partial charge in [0.05, 0.1) is 21.8 Å². The Bertz CT molecular complexity index is 468. The van der Waals surface area contributed by atoms with Crippen LogP contribution in [0.15, 0.2) is 18.2 Å². The van der Waals surface area contributed by atoms with E-state index in [9.17, 15) is 4.79 Å². The van der Waals surface area contributed by atoms with Gasteiger partial charge < -0.3 is 10.2 Å². The lowest BCUT2D eigenvalue weighted by atomic mass is 10.2. The average molecular weight is 285 g/mol. The number of carbonyl (C=O) groups is 1. The van der Waals surface area contributed by atoms with Crippen LogP contribution in [0.2, 0.25) is 10.0 Å². The van der Waals surface area contributed by atoms with Crippen molar-refractivity contribution in [3.63, 3.8) is 0 Å². The molecule has 0 spiro atoms. The molecule has 1 heterocycles. The van der Waals surface area contributed by atoms with Crippen molar-refractivity contribution < 1.29 is 4.79 Å². The van der Waals surface area contributed by atoms with E-state index in [4.69, 9.17) is 23.2 Å². The van der Waals surface area contributed by atoms with E-state index in [0.717, 1.165) is 6.42 Å². The number of anilines is 1. The van der Waals surface area contributed by atoms with Crippen LogP contribution < -0.4 is 10.2 Å². The molecule has 3 rings (SSSR count). The van der Waals surface area contributed by atoms with Crippen LogP contribution in [0.4, 0.5) is 5.69 Å². The van der Waals surface area contributed by atoms with Gasteiger partial charge in [0.1, 0.15) is 0 Å². The smallest absolute Gasteiger partial charge is 0.244 e. The van der Waals surface area contributed by atoms with Crippen LogP contribution in [0.25, 0.3) is 0 Å². The molecule has 2 fully saturated rings. The third kappa shape index (κ3) is 2.22. The van der Waals surface area contributed by atoms with Crippen LogP contribution in [0, 0.1) is 0 Å². The van der Waals surface area contributed by atoms with Crippen LogP contribution in [0.3, 0.4) is 0 Å². The number of nitrogens with one attached hydrogen (secondary N) is 1. The molecule has 1 N–H and O–H groups in total. The highest BCUT2D eigenvalue weighted by molar-refractivity contribution is 6.40. The van der Waals surface area contributed by atoms with Gasteiger partial charge in [0.2, 0.25) is 5.91 Å². The summed E-state index contributed by atoms with van der Waals surface area (Å²) in [6, 6.07) is 5.76. The number of rotatable bonds is 3.